The van der Waals surface area contributed by atoms with E-state index in [-0.39, 0.29) is 0 Å². The van der Waals surface area contributed by atoms with Crippen LogP contribution in [-0.4, -0.2) is 10.6 Å². The van der Waals surface area contributed by atoms with Crippen LogP contribution in [0.4, 0.5) is 0 Å². The molecule has 0 saturated heterocycles. The molecule has 1 aromatic heterocycles. The Bertz CT molecular complexity index is 385. The molecule has 18 heavy (non-hydrogen) atoms. The summed E-state index contributed by atoms with van der Waals surface area (Å²) in [5, 5.41) is 0. The molecule has 1 aromatic rings. The van der Waals surface area contributed by atoms with Crippen molar-refractivity contribution in [3.8, 4) is 0 Å². The van der Waals surface area contributed by atoms with Gasteiger partial charge in [-0.05, 0) is 73.8 Å². The highest BCUT2D eigenvalue weighted by Crippen LogP contribution is 2.61. The Labute approximate surface area is 110 Å². The molecule has 1 atom stereocenters. The number of aromatic nitrogens is 1. The van der Waals surface area contributed by atoms with Crippen molar-refractivity contribution in [1.29, 1.82) is 0 Å². The average molecular weight is 244 g/mol. The summed E-state index contributed by atoms with van der Waals surface area (Å²) in [6.07, 6.45) is 13.1. The third-order valence-electron chi connectivity index (χ3n) is 5.95. The first-order chi connectivity index (χ1) is 8.73. The van der Waals surface area contributed by atoms with Gasteiger partial charge in [0.05, 0.1) is 0 Å². The number of hydrogen-bond acceptors (Lipinski definition) is 1. The highest BCUT2D eigenvalue weighted by Gasteiger charge is 2.53. The van der Waals surface area contributed by atoms with Crippen molar-refractivity contribution in [2.24, 2.45) is 28.9 Å². The van der Waals surface area contributed by atoms with Crippen molar-refractivity contribution in [3.63, 3.8) is 0 Å². The average Bonchev–Trinajstić information content (AvgIpc) is 2.79. The molecule has 4 aliphatic carbocycles. The molecule has 98 valence electrons. The van der Waals surface area contributed by atoms with Crippen LogP contribution in [-0.2, 0) is 6.54 Å². The van der Waals surface area contributed by atoms with E-state index in [9.17, 15) is 0 Å². The van der Waals surface area contributed by atoms with Crippen LogP contribution in [0.25, 0.3) is 0 Å². The molecule has 2 heteroatoms. The molecule has 4 aliphatic rings. The fraction of sp³-hybridized carbons (Fsp3) is 0.750. The molecule has 1 heterocycles. The third-order valence-corrected chi connectivity index (χ3v) is 5.95. The normalized spacial score (nSPS) is 43.3. The van der Waals surface area contributed by atoms with E-state index < -0.39 is 0 Å². The van der Waals surface area contributed by atoms with Gasteiger partial charge in [0, 0.05) is 25.0 Å². The van der Waals surface area contributed by atoms with Gasteiger partial charge in [-0.15, -0.1) is 0 Å². The summed E-state index contributed by atoms with van der Waals surface area (Å²) in [5.74, 6) is 3.02. The van der Waals surface area contributed by atoms with Gasteiger partial charge in [-0.2, -0.15) is 0 Å². The fourth-order valence-corrected chi connectivity index (χ4v) is 5.54. The molecule has 0 radical (unpaired) electrons. The van der Waals surface area contributed by atoms with Crippen molar-refractivity contribution < 1.29 is 0 Å². The predicted octanol–water partition coefficient (Wildman–Crippen LogP) is 3.03. The summed E-state index contributed by atoms with van der Waals surface area (Å²) in [7, 11) is 0. The highest BCUT2D eigenvalue weighted by molar-refractivity contribution is 5.06. The van der Waals surface area contributed by atoms with Gasteiger partial charge >= 0.3 is 0 Å². The first-order valence-corrected chi connectivity index (χ1v) is 7.60. The van der Waals surface area contributed by atoms with Crippen molar-refractivity contribution in [2.75, 3.05) is 0 Å². The SMILES string of the molecule is NC(Cn1cccc1)C12CC3CC(CC(C3)C1)C2. The monoisotopic (exact) mass is 244 g/mol. The zero-order chi connectivity index (χ0) is 12.2. The van der Waals surface area contributed by atoms with Crippen LogP contribution >= 0.6 is 0 Å². The molecule has 0 spiro atoms. The predicted molar refractivity (Wildman–Crippen MR) is 73.0 cm³/mol. The molecule has 0 amide bonds. The lowest BCUT2D eigenvalue weighted by Crippen LogP contribution is -2.55. The zero-order valence-electron chi connectivity index (χ0n) is 11.1. The summed E-state index contributed by atoms with van der Waals surface area (Å²) >= 11 is 0. The number of hydrogen-bond donors (Lipinski definition) is 1. The van der Waals surface area contributed by atoms with E-state index in [0.717, 1.165) is 24.3 Å². The Morgan fingerprint density at radius 1 is 1.00 bits per heavy atom. The van der Waals surface area contributed by atoms with Crippen LogP contribution in [0.15, 0.2) is 24.5 Å². The van der Waals surface area contributed by atoms with E-state index in [4.69, 9.17) is 5.73 Å². The zero-order valence-corrected chi connectivity index (χ0v) is 11.1. The van der Waals surface area contributed by atoms with Gasteiger partial charge in [0.25, 0.3) is 0 Å². The molecular weight excluding hydrogens is 220 g/mol. The fourth-order valence-electron chi connectivity index (χ4n) is 5.54. The van der Waals surface area contributed by atoms with E-state index in [1.807, 2.05) is 0 Å². The second-order valence-electron chi connectivity index (χ2n) is 7.27. The van der Waals surface area contributed by atoms with Gasteiger partial charge < -0.3 is 10.3 Å². The summed E-state index contributed by atoms with van der Waals surface area (Å²) in [6.45, 7) is 1.01. The van der Waals surface area contributed by atoms with E-state index in [0.29, 0.717) is 11.5 Å². The summed E-state index contributed by atoms with van der Waals surface area (Å²) < 4.78 is 2.27. The molecule has 0 aromatic carbocycles. The third kappa shape index (κ3) is 1.65. The van der Waals surface area contributed by atoms with Crippen LogP contribution in [0.2, 0.25) is 0 Å². The van der Waals surface area contributed by atoms with E-state index in [2.05, 4.69) is 29.1 Å². The van der Waals surface area contributed by atoms with E-state index in [1.165, 1.54) is 38.5 Å². The molecule has 1 unspecified atom stereocenters. The van der Waals surface area contributed by atoms with E-state index in [1.54, 1.807) is 0 Å². The Morgan fingerprint density at radius 2 is 1.50 bits per heavy atom. The van der Waals surface area contributed by atoms with Gasteiger partial charge in [0.2, 0.25) is 0 Å². The lowest BCUT2D eigenvalue weighted by Gasteiger charge is -2.59. The van der Waals surface area contributed by atoms with Crippen LogP contribution in [0.5, 0.6) is 0 Å². The quantitative estimate of drug-likeness (QED) is 0.870. The molecule has 2 N–H and O–H groups in total. The van der Waals surface area contributed by atoms with Crippen LogP contribution in [0.1, 0.15) is 38.5 Å². The van der Waals surface area contributed by atoms with Gasteiger partial charge in [0.1, 0.15) is 0 Å². The van der Waals surface area contributed by atoms with Gasteiger partial charge in [0.15, 0.2) is 0 Å². The standard InChI is InChI=1S/C16H24N2/c17-15(11-18-3-1-2-4-18)16-8-12-5-13(9-16)7-14(6-12)10-16/h1-4,12-15H,5-11,17H2. The Hall–Kier alpha value is -0.760. The van der Waals surface area contributed by atoms with Gasteiger partial charge in [-0.25, -0.2) is 0 Å². The van der Waals surface area contributed by atoms with E-state index >= 15 is 0 Å². The minimum absolute atomic E-state index is 0.360. The van der Waals surface area contributed by atoms with Crippen molar-refractivity contribution in [3.05, 3.63) is 24.5 Å². The Kier molecular flexibility index (Phi) is 2.38. The summed E-state index contributed by atoms with van der Waals surface area (Å²) in [5.41, 5.74) is 7.13. The topological polar surface area (TPSA) is 30.9 Å². The second-order valence-corrected chi connectivity index (χ2v) is 7.27. The van der Waals surface area contributed by atoms with Crippen molar-refractivity contribution in [2.45, 2.75) is 51.1 Å². The lowest BCUT2D eigenvalue weighted by molar-refractivity contribution is -0.0694. The maximum Gasteiger partial charge on any atom is 0.0376 e. The highest BCUT2D eigenvalue weighted by atomic mass is 15.0. The minimum Gasteiger partial charge on any atom is -0.353 e. The summed E-state index contributed by atoms with van der Waals surface area (Å²) in [6, 6.07) is 4.57. The van der Waals surface area contributed by atoms with Gasteiger partial charge in [-0.1, -0.05) is 0 Å². The second kappa shape index (κ2) is 3.86. The molecule has 4 fully saturated rings. The van der Waals surface area contributed by atoms with Gasteiger partial charge in [-0.3, -0.25) is 0 Å². The van der Waals surface area contributed by atoms with Crippen molar-refractivity contribution in [1.82, 2.24) is 4.57 Å². The first kappa shape index (κ1) is 11.1. The van der Waals surface area contributed by atoms with Crippen LogP contribution < -0.4 is 5.73 Å². The van der Waals surface area contributed by atoms with Crippen LogP contribution in [0, 0.1) is 23.2 Å². The maximum absolute atomic E-state index is 6.64. The maximum atomic E-state index is 6.64. The van der Waals surface area contributed by atoms with Crippen LogP contribution in [0.3, 0.4) is 0 Å². The Morgan fingerprint density at radius 3 is 2.00 bits per heavy atom. The molecule has 4 saturated carbocycles. The molecule has 0 aliphatic heterocycles. The number of nitrogens with two attached hydrogens (primary N) is 1. The molecule has 4 bridgehead atoms. The summed E-state index contributed by atoms with van der Waals surface area (Å²) in [4.78, 5) is 0. The Balaban J connectivity index is 1.56. The largest absolute Gasteiger partial charge is 0.353 e. The number of rotatable bonds is 3. The molecule has 2 nitrogen and oxygen atoms in total. The van der Waals surface area contributed by atoms with Crippen molar-refractivity contribution >= 4 is 0 Å². The first-order valence-electron chi connectivity index (χ1n) is 7.60. The number of nitrogens with zero attached hydrogens (tertiary/aromatic N) is 1. The smallest absolute Gasteiger partial charge is 0.0376 e. The molecule has 5 rings (SSSR count). The molecular formula is C16H24N2. The minimum atomic E-state index is 0.360. The lowest BCUT2D eigenvalue weighted by atomic mass is 9.48.